The summed E-state index contributed by atoms with van der Waals surface area (Å²) in [5.74, 6) is -0.0542. The number of amides is 1. The van der Waals surface area contributed by atoms with Crippen molar-refractivity contribution < 1.29 is 25.9 Å². The second kappa shape index (κ2) is 8.87. The zero-order chi connectivity index (χ0) is 24.7. The summed E-state index contributed by atoms with van der Waals surface area (Å²) >= 11 is 0. The Bertz CT molecular complexity index is 1230. The van der Waals surface area contributed by atoms with E-state index < -0.39 is 23.7 Å². The summed E-state index contributed by atoms with van der Waals surface area (Å²) < 4.78 is 38.9. The lowest BCUT2D eigenvalue weighted by molar-refractivity contribution is -0.245. The highest BCUT2D eigenvalue weighted by atomic mass is 19.4. The second-order valence-corrected chi connectivity index (χ2v) is 9.01. The van der Waals surface area contributed by atoms with Crippen LogP contribution in [0.3, 0.4) is 0 Å². The minimum atomic E-state index is -5.04. The number of benzene rings is 2. The Kier molecular flexibility index (Phi) is 6.24. The van der Waals surface area contributed by atoms with Gasteiger partial charge in [0.1, 0.15) is 5.82 Å². The van der Waals surface area contributed by atoms with Gasteiger partial charge in [0.15, 0.2) is 5.82 Å². The van der Waals surface area contributed by atoms with Crippen LogP contribution in [0.25, 0.3) is 22.3 Å². The highest BCUT2D eigenvalue weighted by Crippen LogP contribution is 2.32. The SMILES string of the molecule is Cc1ccc2c(N3CCC(NC(=O)C(C)(O)C(F)(F)F)CC3)nc(-c3ccccc3C)nc2c1.[HH].[HH]. The summed E-state index contributed by atoms with van der Waals surface area (Å²) in [6.07, 6.45) is -4.19. The number of nitrogens with one attached hydrogen (secondary N) is 1. The third kappa shape index (κ3) is 4.57. The summed E-state index contributed by atoms with van der Waals surface area (Å²) in [4.78, 5) is 23.8. The Morgan fingerprint density at radius 2 is 1.79 bits per heavy atom. The number of anilines is 1. The number of aliphatic hydroxyl groups is 1. The van der Waals surface area contributed by atoms with Crippen LogP contribution in [0.2, 0.25) is 0 Å². The number of halogens is 3. The molecule has 1 atom stereocenters. The van der Waals surface area contributed by atoms with Gasteiger partial charge in [0.25, 0.3) is 5.91 Å². The molecular formula is C25H31F3N4O2. The van der Waals surface area contributed by atoms with Crippen molar-refractivity contribution >= 4 is 22.6 Å². The zero-order valence-corrected chi connectivity index (χ0v) is 19.3. The lowest BCUT2D eigenvalue weighted by Crippen LogP contribution is -2.58. The Balaban J connectivity index is 0.00000228. The largest absolute Gasteiger partial charge is 0.426 e. The fourth-order valence-corrected chi connectivity index (χ4v) is 4.10. The molecule has 2 N–H and O–H groups in total. The van der Waals surface area contributed by atoms with Crippen molar-refractivity contribution in [1.82, 2.24) is 15.3 Å². The first kappa shape index (κ1) is 23.9. The first-order valence-electron chi connectivity index (χ1n) is 11.2. The van der Waals surface area contributed by atoms with Gasteiger partial charge in [0.05, 0.1) is 5.52 Å². The van der Waals surface area contributed by atoms with Crippen LogP contribution in [-0.2, 0) is 4.79 Å². The maximum Gasteiger partial charge on any atom is 0.426 e. The molecule has 1 saturated heterocycles. The predicted molar refractivity (Wildman–Crippen MR) is 129 cm³/mol. The van der Waals surface area contributed by atoms with Crippen molar-refractivity contribution in [2.75, 3.05) is 18.0 Å². The van der Waals surface area contributed by atoms with Crippen molar-refractivity contribution in [2.45, 2.75) is 51.4 Å². The fourth-order valence-electron chi connectivity index (χ4n) is 4.10. The highest BCUT2D eigenvalue weighted by Gasteiger charge is 2.56. The van der Waals surface area contributed by atoms with Gasteiger partial charge in [0.2, 0.25) is 5.60 Å². The van der Waals surface area contributed by atoms with Crippen molar-refractivity contribution in [3.05, 3.63) is 53.6 Å². The van der Waals surface area contributed by atoms with Gasteiger partial charge in [-0.3, -0.25) is 4.79 Å². The van der Waals surface area contributed by atoms with Crippen LogP contribution in [0, 0.1) is 13.8 Å². The summed E-state index contributed by atoms with van der Waals surface area (Å²) in [5.41, 5.74) is 0.459. The van der Waals surface area contributed by atoms with E-state index in [1.807, 2.05) is 56.3 Å². The third-order valence-electron chi connectivity index (χ3n) is 6.34. The molecule has 9 heteroatoms. The lowest BCUT2D eigenvalue weighted by atomic mass is 10.0. The molecule has 0 spiro atoms. The van der Waals surface area contributed by atoms with Gasteiger partial charge in [-0.15, -0.1) is 0 Å². The van der Waals surface area contributed by atoms with E-state index in [1.54, 1.807) is 0 Å². The van der Waals surface area contributed by atoms with E-state index in [2.05, 4.69) is 10.2 Å². The Morgan fingerprint density at radius 1 is 1.12 bits per heavy atom. The summed E-state index contributed by atoms with van der Waals surface area (Å²) in [6.45, 7) is 5.46. The molecule has 1 aliphatic heterocycles. The third-order valence-corrected chi connectivity index (χ3v) is 6.34. The van der Waals surface area contributed by atoms with Gasteiger partial charge in [0, 0.05) is 32.9 Å². The number of nitrogens with zero attached hydrogens (tertiary/aromatic N) is 3. The number of carbonyl (C=O) groups excluding carboxylic acids is 1. The van der Waals surface area contributed by atoms with Gasteiger partial charge in [-0.25, -0.2) is 9.97 Å². The van der Waals surface area contributed by atoms with E-state index in [-0.39, 0.29) is 2.85 Å². The van der Waals surface area contributed by atoms with Crippen LogP contribution >= 0.6 is 0 Å². The predicted octanol–water partition coefficient (Wildman–Crippen LogP) is 4.80. The molecule has 2 heterocycles. The average molecular weight is 477 g/mol. The van der Waals surface area contributed by atoms with Crippen LogP contribution in [0.15, 0.2) is 42.5 Å². The van der Waals surface area contributed by atoms with Crippen molar-refractivity contribution in [1.29, 1.82) is 0 Å². The van der Waals surface area contributed by atoms with Crippen LogP contribution in [0.5, 0.6) is 0 Å². The standard InChI is InChI=1S/C25H27F3N4O2.2H2/c1-15-8-9-19-20(14-15)30-21(18-7-5-4-6-16(18)2)31-22(19)32-12-10-17(11-13-32)29-23(33)24(3,34)25(26,27)28;;/h4-9,14,17,34H,10-13H2,1-3H3,(H,29,33);2*1H. The van der Waals surface area contributed by atoms with Crippen LogP contribution in [-0.4, -0.2) is 51.9 Å². The molecule has 1 aliphatic rings. The molecule has 6 nitrogen and oxygen atoms in total. The molecule has 0 aliphatic carbocycles. The summed E-state index contributed by atoms with van der Waals surface area (Å²) in [6, 6.07) is 13.4. The molecule has 2 aromatic carbocycles. The molecule has 1 amide bonds. The van der Waals surface area contributed by atoms with Gasteiger partial charge < -0.3 is 15.3 Å². The number of fused-ring (bicyclic) bond motifs is 1. The molecule has 3 aromatic rings. The van der Waals surface area contributed by atoms with Crippen LogP contribution < -0.4 is 10.2 Å². The van der Waals surface area contributed by atoms with Crippen molar-refractivity contribution in [2.24, 2.45) is 0 Å². The number of aromatic nitrogens is 2. The highest BCUT2D eigenvalue weighted by molar-refractivity contribution is 5.92. The molecule has 1 fully saturated rings. The van der Waals surface area contributed by atoms with Gasteiger partial charge in [-0.05, 0) is 56.9 Å². The van der Waals surface area contributed by atoms with Gasteiger partial charge >= 0.3 is 6.18 Å². The summed E-state index contributed by atoms with van der Waals surface area (Å²) in [7, 11) is 0. The minimum Gasteiger partial charge on any atom is -0.373 e. The van der Waals surface area contributed by atoms with Crippen LogP contribution in [0.1, 0.15) is 33.7 Å². The number of hydrogen-bond acceptors (Lipinski definition) is 5. The number of carbonyl (C=O) groups is 1. The monoisotopic (exact) mass is 476 g/mol. The average Bonchev–Trinajstić information content (AvgIpc) is 2.78. The molecule has 0 saturated carbocycles. The summed E-state index contributed by atoms with van der Waals surface area (Å²) in [5, 5.41) is 12.9. The Hall–Kier alpha value is -3.20. The number of aryl methyl sites for hydroxylation is 2. The van der Waals surface area contributed by atoms with E-state index in [0.29, 0.717) is 38.7 Å². The van der Waals surface area contributed by atoms with E-state index in [0.717, 1.165) is 33.4 Å². The van der Waals surface area contributed by atoms with Gasteiger partial charge in [-0.1, -0.05) is 30.3 Å². The molecule has 184 valence electrons. The number of hydrogen-bond donors (Lipinski definition) is 2. The molecule has 0 radical (unpaired) electrons. The first-order valence-corrected chi connectivity index (χ1v) is 11.2. The maximum atomic E-state index is 13.0. The van der Waals surface area contributed by atoms with Crippen LogP contribution in [0.4, 0.5) is 19.0 Å². The topological polar surface area (TPSA) is 78.4 Å². The molecule has 0 bridgehead atoms. The first-order chi connectivity index (χ1) is 16.0. The van der Waals surface area contributed by atoms with E-state index >= 15 is 0 Å². The normalized spacial score (nSPS) is 17.0. The molecule has 34 heavy (non-hydrogen) atoms. The zero-order valence-electron chi connectivity index (χ0n) is 19.3. The van der Waals surface area contributed by atoms with Crippen molar-refractivity contribution in [3.8, 4) is 11.4 Å². The van der Waals surface area contributed by atoms with E-state index in [1.165, 1.54) is 0 Å². The Morgan fingerprint density at radius 3 is 2.44 bits per heavy atom. The molecular weight excluding hydrogens is 445 g/mol. The van der Waals surface area contributed by atoms with Crippen molar-refractivity contribution in [3.63, 3.8) is 0 Å². The number of piperidine rings is 1. The molecule has 1 unspecified atom stereocenters. The number of rotatable bonds is 4. The molecule has 1 aromatic heterocycles. The minimum absolute atomic E-state index is 0. The second-order valence-electron chi connectivity index (χ2n) is 9.01. The smallest absolute Gasteiger partial charge is 0.373 e. The fraction of sp³-hybridized carbons (Fsp3) is 0.400. The lowest BCUT2D eigenvalue weighted by Gasteiger charge is -2.35. The Labute approximate surface area is 198 Å². The van der Waals surface area contributed by atoms with E-state index in [4.69, 9.17) is 9.97 Å². The number of alkyl halides is 3. The van der Waals surface area contributed by atoms with E-state index in [9.17, 15) is 23.1 Å². The van der Waals surface area contributed by atoms with Gasteiger partial charge in [-0.2, -0.15) is 13.2 Å². The quantitative estimate of drug-likeness (QED) is 0.565. The maximum absolute atomic E-state index is 13.0. The molecule has 4 rings (SSSR count).